The van der Waals surface area contributed by atoms with E-state index in [-0.39, 0.29) is 12.5 Å². The average molecular weight is 347 g/mol. The largest absolute Gasteiger partial charge is 0.300 e. The molecular formula is C17H25N5OS. The van der Waals surface area contributed by atoms with E-state index in [0.29, 0.717) is 5.13 Å². The van der Waals surface area contributed by atoms with Gasteiger partial charge in [-0.2, -0.15) is 5.10 Å². The van der Waals surface area contributed by atoms with Gasteiger partial charge >= 0.3 is 0 Å². The standard InChI is InChI=1S/C17H25N5OS/c1-12-4-6-21(7-5-12)9-15-11-24-17(18-15)19-16(23)10-22-14(3)8-13(2)20-22/h8,11-12H,4-7,9-10H2,1-3H3,(H,18,19,23). The molecule has 2 aromatic rings. The number of carbonyl (C=O) groups excluding carboxylic acids is 1. The first-order valence-corrected chi connectivity index (χ1v) is 9.35. The van der Waals surface area contributed by atoms with E-state index in [4.69, 9.17) is 0 Å². The zero-order valence-corrected chi connectivity index (χ0v) is 15.4. The molecule has 0 bridgehead atoms. The molecule has 1 aliphatic heterocycles. The topological polar surface area (TPSA) is 63.1 Å². The molecule has 130 valence electrons. The second kappa shape index (κ2) is 7.44. The lowest BCUT2D eigenvalue weighted by molar-refractivity contribution is -0.116. The quantitative estimate of drug-likeness (QED) is 0.903. The lowest BCUT2D eigenvalue weighted by Gasteiger charge is -2.29. The maximum atomic E-state index is 12.2. The number of amides is 1. The van der Waals surface area contributed by atoms with Crippen LogP contribution in [0.2, 0.25) is 0 Å². The number of rotatable bonds is 5. The molecule has 1 saturated heterocycles. The average Bonchev–Trinajstić information content (AvgIpc) is 3.08. The first-order valence-electron chi connectivity index (χ1n) is 8.47. The number of anilines is 1. The molecule has 0 unspecified atom stereocenters. The predicted octanol–water partition coefficient (Wildman–Crippen LogP) is 2.83. The van der Waals surface area contributed by atoms with E-state index in [1.54, 1.807) is 4.68 Å². The van der Waals surface area contributed by atoms with Gasteiger partial charge in [-0.15, -0.1) is 11.3 Å². The summed E-state index contributed by atoms with van der Waals surface area (Å²) in [5.41, 5.74) is 2.95. The molecule has 7 heteroatoms. The molecule has 1 fully saturated rings. The molecule has 1 aliphatic rings. The number of thiazole rings is 1. The molecule has 0 spiro atoms. The fourth-order valence-electron chi connectivity index (χ4n) is 3.02. The number of aromatic nitrogens is 3. The van der Waals surface area contributed by atoms with E-state index in [1.165, 1.54) is 24.2 Å². The third-order valence-corrected chi connectivity index (χ3v) is 5.26. The van der Waals surface area contributed by atoms with Gasteiger partial charge < -0.3 is 5.32 Å². The second-order valence-electron chi connectivity index (χ2n) is 6.74. The van der Waals surface area contributed by atoms with E-state index in [9.17, 15) is 4.79 Å². The van der Waals surface area contributed by atoms with Crippen molar-refractivity contribution in [3.05, 3.63) is 28.5 Å². The van der Waals surface area contributed by atoms with E-state index in [0.717, 1.165) is 42.6 Å². The summed E-state index contributed by atoms with van der Waals surface area (Å²) in [5, 5.41) is 9.90. The summed E-state index contributed by atoms with van der Waals surface area (Å²) in [5.74, 6) is 0.745. The van der Waals surface area contributed by atoms with E-state index in [1.807, 2.05) is 25.3 Å². The number of aryl methyl sites for hydroxylation is 2. The summed E-state index contributed by atoms with van der Waals surface area (Å²) >= 11 is 1.49. The first-order chi connectivity index (χ1) is 11.5. The Labute approximate surface area is 146 Å². The second-order valence-corrected chi connectivity index (χ2v) is 7.59. The van der Waals surface area contributed by atoms with Gasteiger partial charge in [0.2, 0.25) is 5.91 Å². The van der Waals surface area contributed by atoms with E-state index in [2.05, 4.69) is 27.2 Å². The molecule has 1 N–H and O–H groups in total. The van der Waals surface area contributed by atoms with Crippen molar-refractivity contribution in [1.82, 2.24) is 19.7 Å². The van der Waals surface area contributed by atoms with Crippen molar-refractivity contribution in [3.8, 4) is 0 Å². The molecular weight excluding hydrogens is 322 g/mol. The van der Waals surface area contributed by atoms with Crippen LogP contribution >= 0.6 is 11.3 Å². The summed E-state index contributed by atoms with van der Waals surface area (Å²) in [6, 6.07) is 1.97. The number of nitrogens with one attached hydrogen (secondary N) is 1. The monoisotopic (exact) mass is 347 g/mol. The van der Waals surface area contributed by atoms with Crippen LogP contribution in [0.15, 0.2) is 11.4 Å². The van der Waals surface area contributed by atoms with Crippen molar-refractivity contribution < 1.29 is 4.79 Å². The van der Waals surface area contributed by atoms with Crippen molar-refractivity contribution >= 4 is 22.4 Å². The third-order valence-electron chi connectivity index (χ3n) is 4.46. The molecule has 0 atom stereocenters. The maximum Gasteiger partial charge on any atom is 0.247 e. The molecule has 0 aliphatic carbocycles. The number of likely N-dealkylation sites (tertiary alicyclic amines) is 1. The molecule has 1 amide bonds. The van der Waals surface area contributed by atoms with E-state index < -0.39 is 0 Å². The zero-order valence-electron chi connectivity index (χ0n) is 14.6. The third kappa shape index (κ3) is 4.42. The van der Waals surface area contributed by atoms with Crippen molar-refractivity contribution in [2.45, 2.75) is 46.7 Å². The Morgan fingerprint density at radius 3 is 2.79 bits per heavy atom. The van der Waals surface area contributed by atoms with Crippen LogP contribution in [0.4, 0.5) is 5.13 Å². The van der Waals surface area contributed by atoms with Crippen LogP contribution in [-0.4, -0.2) is 38.7 Å². The number of hydrogen-bond acceptors (Lipinski definition) is 5. The number of hydrogen-bond donors (Lipinski definition) is 1. The summed E-state index contributed by atoms with van der Waals surface area (Å²) in [7, 11) is 0. The number of piperidine rings is 1. The van der Waals surface area contributed by atoms with Gasteiger partial charge in [0.05, 0.1) is 11.4 Å². The van der Waals surface area contributed by atoms with Crippen LogP contribution in [0.5, 0.6) is 0 Å². The van der Waals surface area contributed by atoms with Gasteiger partial charge in [-0.3, -0.25) is 14.4 Å². The predicted molar refractivity (Wildman–Crippen MR) is 96.1 cm³/mol. The minimum atomic E-state index is -0.0890. The van der Waals surface area contributed by atoms with Gasteiger partial charge in [-0.1, -0.05) is 6.92 Å². The van der Waals surface area contributed by atoms with Crippen LogP contribution < -0.4 is 5.32 Å². The number of nitrogens with zero attached hydrogens (tertiary/aromatic N) is 4. The molecule has 2 aromatic heterocycles. The Hall–Kier alpha value is -1.73. The van der Waals surface area contributed by atoms with Crippen LogP contribution in [0.25, 0.3) is 0 Å². The van der Waals surface area contributed by atoms with Crippen molar-refractivity contribution in [1.29, 1.82) is 0 Å². The van der Waals surface area contributed by atoms with Crippen molar-refractivity contribution in [3.63, 3.8) is 0 Å². The Kier molecular flexibility index (Phi) is 5.30. The fourth-order valence-corrected chi connectivity index (χ4v) is 3.73. The molecule has 0 saturated carbocycles. The Balaban J connectivity index is 1.52. The summed E-state index contributed by atoms with van der Waals surface area (Å²) < 4.78 is 1.72. The lowest BCUT2D eigenvalue weighted by atomic mass is 9.99. The highest BCUT2D eigenvalue weighted by Gasteiger charge is 2.17. The fraction of sp³-hybridized carbons (Fsp3) is 0.588. The Morgan fingerprint density at radius 1 is 1.38 bits per heavy atom. The van der Waals surface area contributed by atoms with Gasteiger partial charge in [-0.25, -0.2) is 4.98 Å². The molecule has 0 aromatic carbocycles. The van der Waals surface area contributed by atoms with Crippen LogP contribution in [0.3, 0.4) is 0 Å². The first kappa shape index (κ1) is 17.1. The highest BCUT2D eigenvalue weighted by molar-refractivity contribution is 7.13. The summed E-state index contributed by atoms with van der Waals surface area (Å²) in [6.45, 7) is 9.56. The smallest absolute Gasteiger partial charge is 0.247 e. The highest BCUT2D eigenvalue weighted by Crippen LogP contribution is 2.21. The molecule has 0 radical (unpaired) electrons. The normalized spacial score (nSPS) is 16.5. The minimum Gasteiger partial charge on any atom is -0.300 e. The van der Waals surface area contributed by atoms with E-state index >= 15 is 0 Å². The minimum absolute atomic E-state index is 0.0890. The van der Waals surface area contributed by atoms with Crippen LogP contribution in [0.1, 0.15) is 36.8 Å². The van der Waals surface area contributed by atoms with Gasteiger partial charge in [0, 0.05) is 17.6 Å². The van der Waals surface area contributed by atoms with Crippen molar-refractivity contribution in [2.24, 2.45) is 5.92 Å². The highest BCUT2D eigenvalue weighted by atomic mass is 32.1. The van der Waals surface area contributed by atoms with Crippen LogP contribution in [-0.2, 0) is 17.9 Å². The lowest BCUT2D eigenvalue weighted by Crippen LogP contribution is -2.32. The SMILES string of the molecule is Cc1cc(C)n(CC(=O)Nc2nc(CN3CCC(C)CC3)cs2)n1. The molecule has 3 rings (SSSR count). The van der Waals surface area contributed by atoms with Gasteiger partial charge in [-0.05, 0) is 51.8 Å². The summed E-state index contributed by atoms with van der Waals surface area (Å²) in [6.07, 6.45) is 2.52. The molecule has 6 nitrogen and oxygen atoms in total. The van der Waals surface area contributed by atoms with Gasteiger partial charge in [0.25, 0.3) is 0 Å². The Morgan fingerprint density at radius 2 is 2.12 bits per heavy atom. The maximum absolute atomic E-state index is 12.2. The zero-order chi connectivity index (χ0) is 17.1. The Bertz CT molecular complexity index is 700. The molecule has 3 heterocycles. The van der Waals surface area contributed by atoms with Crippen molar-refractivity contribution in [2.75, 3.05) is 18.4 Å². The van der Waals surface area contributed by atoms with Crippen LogP contribution in [0, 0.1) is 19.8 Å². The molecule has 24 heavy (non-hydrogen) atoms. The van der Waals surface area contributed by atoms with Gasteiger partial charge in [0.15, 0.2) is 5.13 Å². The summed E-state index contributed by atoms with van der Waals surface area (Å²) in [4.78, 5) is 19.2. The van der Waals surface area contributed by atoms with Gasteiger partial charge in [0.1, 0.15) is 6.54 Å². The number of carbonyl (C=O) groups is 1.